The number of nitrogens with one attached hydrogen (secondary N) is 1. The van der Waals surface area contributed by atoms with Gasteiger partial charge in [-0.3, -0.25) is 14.9 Å². The van der Waals surface area contributed by atoms with Crippen LogP contribution in [-0.4, -0.2) is 17.4 Å². The van der Waals surface area contributed by atoms with Gasteiger partial charge in [0.25, 0.3) is 11.6 Å². The quantitative estimate of drug-likeness (QED) is 0.621. The lowest BCUT2D eigenvalue weighted by Gasteiger charge is -2.22. The summed E-state index contributed by atoms with van der Waals surface area (Å²) >= 11 is 11.8. The van der Waals surface area contributed by atoms with Crippen molar-refractivity contribution in [1.29, 1.82) is 0 Å². The second-order valence-corrected chi connectivity index (χ2v) is 6.12. The van der Waals surface area contributed by atoms with Crippen molar-refractivity contribution >= 4 is 34.8 Å². The van der Waals surface area contributed by atoms with Crippen LogP contribution in [0.5, 0.6) is 0 Å². The minimum Gasteiger partial charge on any atom is -0.348 e. The first-order valence-electron chi connectivity index (χ1n) is 6.88. The number of para-hydroxylation sites is 1. The molecule has 2 aromatic carbocycles. The number of alkyl halides is 1. The van der Waals surface area contributed by atoms with Gasteiger partial charge in [-0.25, -0.2) is 4.39 Å². The van der Waals surface area contributed by atoms with Gasteiger partial charge in [-0.05, 0) is 25.1 Å². The molecule has 1 atom stereocenters. The number of benzene rings is 2. The Kier molecular flexibility index (Phi) is 5.41. The molecule has 0 spiro atoms. The summed E-state index contributed by atoms with van der Waals surface area (Å²) in [6.07, 6.45) is 0. The average molecular weight is 371 g/mol. The standard InChI is InChI=1S/C16H13Cl2FN2O3/c1-16(19,12-7-6-10(17)8-13(12)18)9-20-15(22)11-4-2-3-5-14(11)21(23)24/h2-8H,9H2,1H3,(H,20,22)/t16-/m0/s1. The first-order valence-corrected chi connectivity index (χ1v) is 7.64. The number of nitro groups is 1. The molecule has 0 heterocycles. The van der Waals surface area contributed by atoms with Gasteiger partial charge in [-0.1, -0.05) is 41.4 Å². The number of carbonyl (C=O) groups is 1. The topological polar surface area (TPSA) is 72.2 Å². The molecule has 0 unspecified atom stereocenters. The van der Waals surface area contributed by atoms with Gasteiger partial charge >= 0.3 is 0 Å². The summed E-state index contributed by atoms with van der Waals surface area (Å²) in [6.45, 7) is 0.848. The molecule has 0 aliphatic heterocycles. The molecule has 0 saturated heterocycles. The summed E-state index contributed by atoms with van der Waals surface area (Å²) in [5.74, 6) is -0.740. The van der Waals surface area contributed by atoms with Crippen molar-refractivity contribution in [3.05, 3.63) is 73.8 Å². The van der Waals surface area contributed by atoms with Crippen molar-refractivity contribution in [2.75, 3.05) is 6.54 Å². The zero-order chi connectivity index (χ0) is 17.9. The molecule has 0 fully saturated rings. The van der Waals surface area contributed by atoms with Crippen LogP contribution < -0.4 is 5.32 Å². The fourth-order valence-electron chi connectivity index (χ4n) is 2.17. The van der Waals surface area contributed by atoms with Crippen LogP contribution in [0.25, 0.3) is 0 Å². The lowest BCUT2D eigenvalue weighted by Crippen LogP contribution is -2.36. The molecule has 0 bridgehead atoms. The summed E-state index contributed by atoms with van der Waals surface area (Å²) in [5.41, 5.74) is -2.29. The van der Waals surface area contributed by atoms with Crippen LogP contribution in [0.4, 0.5) is 10.1 Å². The van der Waals surface area contributed by atoms with Crippen LogP contribution in [-0.2, 0) is 5.67 Å². The molecule has 2 aromatic rings. The lowest BCUT2D eigenvalue weighted by molar-refractivity contribution is -0.385. The largest absolute Gasteiger partial charge is 0.348 e. The van der Waals surface area contributed by atoms with E-state index in [-0.39, 0.29) is 21.8 Å². The Balaban J connectivity index is 2.17. The van der Waals surface area contributed by atoms with Crippen molar-refractivity contribution in [1.82, 2.24) is 5.32 Å². The molecule has 0 aromatic heterocycles. The van der Waals surface area contributed by atoms with Gasteiger partial charge < -0.3 is 5.32 Å². The number of rotatable bonds is 5. The predicted octanol–water partition coefficient (Wildman–Crippen LogP) is 4.52. The van der Waals surface area contributed by atoms with Crippen LogP contribution in [0, 0.1) is 10.1 Å². The van der Waals surface area contributed by atoms with E-state index < -0.39 is 23.0 Å². The second kappa shape index (κ2) is 7.15. The Bertz CT molecular complexity index is 797. The Labute approximate surface area is 147 Å². The number of carbonyl (C=O) groups excluding carboxylic acids is 1. The molecule has 0 saturated carbocycles. The van der Waals surface area contributed by atoms with Crippen LogP contribution in [0.3, 0.4) is 0 Å². The maximum absolute atomic E-state index is 14.9. The summed E-state index contributed by atoms with van der Waals surface area (Å²) < 4.78 is 14.9. The highest BCUT2D eigenvalue weighted by Gasteiger charge is 2.30. The predicted molar refractivity (Wildman–Crippen MR) is 90.4 cm³/mol. The van der Waals surface area contributed by atoms with Crippen LogP contribution in [0.2, 0.25) is 10.0 Å². The number of hydrogen-bond acceptors (Lipinski definition) is 3. The molecule has 126 valence electrons. The maximum Gasteiger partial charge on any atom is 0.282 e. The van der Waals surface area contributed by atoms with Crippen LogP contribution in [0.15, 0.2) is 42.5 Å². The van der Waals surface area contributed by atoms with E-state index >= 15 is 0 Å². The number of nitro benzene ring substituents is 1. The number of amides is 1. The van der Waals surface area contributed by atoms with Gasteiger partial charge in [0.1, 0.15) is 5.56 Å². The molecule has 5 nitrogen and oxygen atoms in total. The van der Waals surface area contributed by atoms with E-state index in [9.17, 15) is 19.3 Å². The third-order valence-electron chi connectivity index (χ3n) is 3.42. The monoisotopic (exact) mass is 370 g/mol. The van der Waals surface area contributed by atoms with E-state index in [0.29, 0.717) is 5.02 Å². The van der Waals surface area contributed by atoms with E-state index in [2.05, 4.69) is 5.32 Å². The Morgan fingerprint density at radius 2 is 1.96 bits per heavy atom. The van der Waals surface area contributed by atoms with Gasteiger partial charge in [0.2, 0.25) is 0 Å². The smallest absolute Gasteiger partial charge is 0.282 e. The van der Waals surface area contributed by atoms with E-state index in [1.165, 1.54) is 49.4 Å². The van der Waals surface area contributed by atoms with Gasteiger partial charge in [0.05, 0.1) is 11.5 Å². The molecule has 0 aliphatic carbocycles. The highest BCUT2D eigenvalue weighted by atomic mass is 35.5. The van der Waals surface area contributed by atoms with Gasteiger partial charge in [0.15, 0.2) is 5.67 Å². The number of nitrogens with zero attached hydrogens (tertiary/aromatic N) is 1. The van der Waals surface area contributed by atoms with E-state index in [0.717, 1.165) is 0 Å². The lowest BCUT2D eigenvalue weighted by atomic mass is 9.97. The van der Waals surface area contributed by atoms with Crippen molar-refractivity contribution in [2.24, 2.45) is 0 Å². The van der Waals surface area contributed by atoms with Crippen LogP contribution >= 0.6 is 23.2 Å². The van der Waals surface area contributed by atoms with E-state index in [1.807, 2.05) is 0 Å². The van der Waals surface area contributed by atoms with Gasteiger partial charge in [-0.15, -0.1) is 0 Å². The highest BCUT2D eigenvalue weighted by molar-refractivity contribution is 6.35. The average Bonchev–Trinajstić information content (AvgIpc) is 2.52. The maximum atomic E-state index is 14.9. The first-order chi connectivity index (χ1) is 11.2. The van der Waals surface area contributed by atoms with E-state index in [1.54, 1.807) is 0 Å². The second-order valence-electron chi connectivity index (χ2n) is 5.28. The first kappa shape index (κ1) is 18.2. The molecule has 1 amide bonds. The fraction of sp³-hybridized carbons (Fsp3) is 0.188. The molecule has 1 N–H and O–H groups in total. The van der Waals surface area contributed by atoms with Gasteiger partial charge in [0, 0.05) is 21.7 Å². The number of halogens is 3. The molecular formula is C16H13Cl2FN2O3. The molecule has 2 rings (SSSR count). The molecule has 8 heteroatoms. The Morgan fingerprint density at radius 3 is 2.58 bits per heavy atom. The Morgan fingerprint density at radius 1 is 1.29 bits per heavy atom. The zero-order valence-electron chi connectivity index (χ0n) is 12.6. The minimum atomic E-state index is -1.97. The molecule has 24 heavy (non-hydrogen) atoms. The summed E-state index contributed by atoms with van der Waals surface area (Å²) in [5, 5.41) is 13.8. The Hall–Kier alpha value is -2.18. The minimum absolute atomic E-state index is 0.132. The van der Waals surface area contributed by atoms with Crippen molar-refractivity contribution in [3.8, 4) is 0 Å². The number of hydrogen-bond donors (Lipinski definition) is 1. The summed E-state index contributed by atoms with van der Waals surface area (Å²) in [7, 11) is 0. The SMILES string of the molecule is C[C@](F)(CNC(=O)c1ccccc1[N+](=O)[O-])c1ccc(Cl)cc1Cl. The summed E-state index contributed by atoms with van der Waals surface area (Å²) in [6, 6.07) is 9.78. The summed E-state index contributed by atoms with van der Waals surface area (Å²) in [4.78, 5) is 22.4. The normalized spacial score (nSPS) is 13.2. The van der Waals surface area contributed by atoms with Crippen molar-refractivity contribution in [2.45, 2.75) is 12.6 Å². The van der Waals surface area contributed by atoms with Crippen molar-refractivity contribution in [3.63, 3.8) is 0 Å². The third-order valence-corrected chi connectivity index (χ3v) is 3.97. The third kappa shape index (κ3) is 4.01. The van der Waals surface area contributed by atoms with Gasteiger partial charge in [-0.2, -0.15) is 0 Å². The van der Waals surface area contributed by atoms with Crippen LogP contribution in [0.1, 0.15) is 22.8 Å². The molecule has 0 aliphatic rings. The molecule has 0 radical (unpaired) electrons. The molecular weight excluding hydrogens is 358 g/mol. The van der Waals surface area contributed by atoms with E-state index in [4.69, 9.17) is 23.2 Å². The highest BCUT2D eigenvalue weighted by Crippen LogP contribution is 2.33. The zero-order valence-corrected chi connectivity index (χ0v) is 14.1. The van der Waals surface area contributed by atoms with Crippen molar-refractivity contribution < 1.29 is 14.1 Å². The fourth-order valence-corrected chi connectivity index (χ4v) is 2.78.